The van der Waals surface area contributed by atoms with Gasteiger partial charge in [0.1, 0.15) is 0 Å². The molecule has 0 saturated carbocycles. The van der Waals surface area contributed by atoms with Crippen LogP contribution in [0.3, 0.4) is 0 Å². The summed E-state index contributed by atoms with van der Waals surface area (Å²) in [6.07, 6.45) is -2.14. The second-order valence-electron chi connectivity index (χ2n) is 7.31. The van der Waals surface area contributed by atoms with Gasteiger partial charge in [-0.15, -0.1) is 0 Å². The minimum absolute atomic E-state index is 0.0714. The zero-order valence-electron chi connectivity index (χ0n) is 17.3. The van der Waals surface area contributed by atoms with Crippen molar-refractivity contribution in [2.24, 2.45) is 11.7 Å². The van der Waals surface area contributed by atoms with E-state index >= 15 is 0 Å². The Morgan fingerprint density at radius 3 is 2.47 bits per heavy atom. The topological polar surface area (TPSA) is 82.7 Å². The minimum atomic E-state index is -4.46. The van der Waals surface area contributed by atoms with Gasteiger partial charge in [0.05, 0.1) is 17.0 Å². The smallest absolute Gasteiger partial charge is 0.418 e. The first-order valence-corrected chi connectivity index (χ1v) is 10.00. The Kier molecular flexibility index (Phi) is 8.43. The lowest BCUT2D eigenvalue weighted by Gasteiger charge is -2.33. The number of carboxylic acids is 1. The van der Waals surface area contributed by atoms with Crippen LogP contribution >= 0.6 is 0 Å². The summed E-state index contributed by atoms with van der Waals surface area (Å²) < 4.78 is 39.3. The highest BCUT2D eigenvalue weighted by Crippen LogP contribution is 2.38. The molecule has 0 spiro atoms. The van der Waals surface area contributed by atoms with Crippen LogP contribution in [0.15, 0.2) is 30.5 Å². The molecule has 1 fully saturated rings. The molecule has 9 heteroatoms. The molecule has 1 aliphatic heterocycles. The van der Waals surface area contributed by atoms with E-state index in [1.54, 1.807) is 12.1 Å². The van der Waals surface area contributed by atoms with Crippen molar-refractivity contribution in [3.05, 3.63) is 36.0 Å². The number of hydrogen-bond acceptors (Lipinski definition) is 5. The summed E-state index contributed by atoms with van der Waals surface area (Å²) in [5, 5.41) is 9.48. The summed E-state index contributed by atoms with van der Waals surface area (Å²) in [4.78, 5) is 19.0. The van der Waals surface area contributed by atoms with Crippen molar-refractivity contribution in [2.75, 3.05) is 44.7 Å². The molecule has 1 saturated heterocycles. The lowest BCUT2D eigenvalue weighted by molar-refractivity contribution is -0.142. The van der Waals surface area contributed by atoms with Gasteiger partial charge in [0.25, 0.3) is 0 Å². The number of aliphatic carboxylic acids is 1. The van der Waals surface area contributed by atoms with Gasteiger partial charge in [0.2, 0.25) is 0 Å². The van der Waals surface area contributed by atoms with Crippen LogP contribution in [0.1, 0.15) is 25.3 Å². The Labute approximate surface area is 174 Å². The largest absolute Gasteiger partial charge is 0.481 e. The highest BCUT2D eigenvalue weighted by atomic mass is 19.4. The summed E-state index contributed by atoms with van der Waals surface area (Å²) in [5.74, 6) is -1.20. The second-order valence-corrected chi connectivity index (χ2v) is 7.31. The Morgan fingerprint density at radius 1 is 1.30 bits per heavy atom. The normalized spacial score (nSPS) is 15.2. The fourth-order valence-electron chi connectivity index (χ4n) is 3.41. The maximum atomic E-state index is 13.1. The van der Waals surface area contributed by atoms with Crippen molar-refractivity contribution in [3.63, 3.8) is 0 Å². The van der Waals surface area contributed by atoms with Gasteiger partial charge >= 0.3 is 12.1 Å². The third-order valence-electron chi connectivity index (χ3n) is 5.29. The second kappa shape index (κ2) is 10.6. The Bertz CT molecular complexity index is 837. The Hall–Kier alpha value is -2.39. The molecule has 0 radical (unpaired) electrons. The number of benzene rings is 1. The molecular weight excluding hydrogens is 397 g/mol. The molecule has 3 rings (SSSR count). The number of piperidine rings is 1. The molecular formula is C21H29F3N4O2. The van der Waals surface area contributed by atoms with E-state index in [9.17, 15) is 18.0 Å². The first kappa shape index (κ1) is 23.9. The summed E-state index contributed by atoms with van der Waals surface area (Å²) in [7, 11) is 2.06. The zero-order chi connectivity index (χ0) is 22.3. The molecule has 0 aliphatic carbocycles. The van der Waals surface area contributed by atoms with E-state index in [0.717, 1.165) is 25.7 Å². The van der Waals surface area contributed by atoms with E-state index in [1.165, 1.54) is 12.3 Å². The van der Waals surface area contributed by atoms with Crippen LogP contribution < -0.4 is 10.6 Å². The molecule has 0 atom stereocenters. The first-order valence-electron chi connectivity index (χ1n) is 10.00. The van der Waals surface area contributed by atoms with Crippen LogP contribution in [-0.2, 0) is 11.0 Å². The molecule has 3 N–H and O–H groups in total. The fourth-order valence-corrected chi connectivity index (χ4v) is 3.41. The van der Waals surface area contributed by atoms with Gasteiger partial charge in [0.15, 0.2) is 0 Å². The van der Waals surface area contributed by atoms with Gasteiger partial charge < -0.3 is 20.6 Å². The third kappa shape index (κ3) is 6.06. The average Bonchev–Trinajstić information content (AvgIpc) is 2.73. The van der Waals surface area contributed by atoms with Crippen molar-refractivity contribution >= 4 is 22.6 Å². The number of nitrogens with zero attached hydrogens (tertiary/aromatic N) is 3. The molecule has 1 aromatic heterocycles. The molecule has 2 heterocycles. The van der Waals surface area contributed by atoms with Gasteiger partial charge in [-0.1, -0.05) is 6.92 Å². The predicted molar refractivity (Wildman–Crippen MR) is 112 cm³/mol. The summed E-state index contributed by atoms with van der Waals surface area (Å²) in [6.45, 7) is 6.01. The van der Waals surface area contributed by atoms with E-state index in [-0.39, 0.29) is 11.4 Å². The van der Waals surface area contributed by atoms with Gasteiger partial charge in [-0.2, -0.15) is 13.2 Å². The van der Waals surface area contributed by atoms with E-state index in [2.05, 4.69) is 23.9 Å². The summed E-state index contributed by atoms with van der Waals surface area (Å²) in [6, 6.07) is 5.73. The fraction of sp³-hybridized carbons (Fsp3) is 0.524. The van der Waals surface area contributed by atoms with Gasteiger partial charge in [-0.3, -0.25) is 9.78 Å². The average molecular weight is 426 g/mol. The number of nitrogens with two attached hydrogens (primary N) is 1. The Balaban J connectivity index is 0.000000396. The molecule has 1 aromatic carbocycles. The summed E-state index contributed by atoms with van der Waals surface area (Å²) in [5.41, 5.74) is 5.11. The number of pyridine rings is 1. The molecule has 0 unspecified atom stereocenters. The molecule has 1 aliphatic rings. The molecule has 0 amide bonds. The monoisotopic (exact) mass is 426 g/mol. The van der Waals surface area contributed by atoms with E-state index in [4.69, 9.17) is 10.8 Å². The highest BCUT2D eigenvalue weighted by Gasteiger charge is 2.34. The number of rotatable bonds is 5. The zero-order valence-corrected chi connectivity index (χ0v) is 17.3. The van der Waals surface area contributed by atoms with Crippen molar-refractivity contribution in [2.45, 2.75) is 25.9 Å². The van der Waals surface area contributed by atoms with Crippen molar-refractivity contribution in [1.29, 1.82) is 0 Å². The number of carbonyl (C=O) groups is 1. The van der Waals surface area contributed by atoms with Crippen LogP contribution in [0.25, 0.3) is 10.9 Å². The van der Waals surface area contributed by atoms with Crippen LogP contribution in [0.4, 0.5) is 18.9 Å². The third-order valence-corrected chi connectivity index (χ3v) is 5.29. The highest BCUT2D eigenvalue weighted by molar-refractivity contribution is 5.94. The van der Waals surface area contributed by atoms with Crippen LogP contribution in [0, 0.1) is 5.92 Å². The van der Waals surface area contributed by atoms with Crippen molar-refractivity contribution < 1.29 is 23.1 Å². The lowest BCUT2D eigenvalue weighted by Crippen LogP contribution is -2.36. The maximum Gasteiger partial charge on any atom is 0.418 e. The standard InChI is InChI=1S/C16H15F3N2O2.C5H14N2/c17-16(18,19)12-3-4-13(11-2-1-7-20-14(11)12)21-8-5-10(6-9-21)15(22)23;1-3-7(2)5-4-6/h1-4,7,10H,5-6,8-9H2,(H,22,23);3-6H2,1-2H3. The van der Waals surface area contributed by atoms with E-state index in [0.29, 0.717) is 37.0 Å². The Morgan fingerprint density at radius 2 is 1.97 bits per heavy atom. The molecule has 166 valence electrons. The number of aromatic nitrogens is 1. The summed E-state index contributed by atoms with van der Waals surface area (Å²) >= 11 is 0. The number of halogens is 3. The number of alkyl halides is 3. The maximum absolute atomic E-state index is 13.1. The quantitative estimate of drug-likeness (QED) is 0.762. The number of fused-ring (bicyclic) bond motifs is 1. The molecule has 6 nitrogen and oxygen atoms in total. The number of hydrogen-bond donors (Lipinski definition) is 2. The predicted octanol–water partition coefficient (Wildman–Crippen LogP) is 3.45. The molecule has 2 aromatic rings. The van der Waals surface area contributed by atoms with E-state index in [1.807, 2.05) is 4.90 Å². The van der Waals surface area contributed by atoms with Crippen LogP contribution in [0.2, 0.25) is 0 Å². The number of likely N-dealkylation sites (N-methyl/N-ethyl adjacent to an activating group) is 1. The van der Waals surface area contributed by atoms with Crippen molar-refractivity contribution in [1.82, 2.24) is 9.88 Å². The van der Waals surface area contributed by atoms with Gasteiger partial charge in [-0.25, -0.2) is 0 Å². The number of anilines is 1. The SMILES string of the molecule is CCN(C)CCN.O=C(O)C1CCN(c2ccc(C(F)(F)F)c3ncccc23)CC1. The number of carboxylic acid groups (broad SMARTS) is 1. The molecule has 0 bridgehead atoms. The first-order chi connectivity index (χ1) is 14.2. The van der Waals surface area contributed by atoms with Crippen LogP contribution in [0.5, 0.6) is 0 Å². The lowest BCUT2D eigenvalue weighted by atomic mass is 9.96. The van der Waals surface area contributed by atoms with Crippen LogP contribution in [-0.4, -0.2) is 60.7 Å². The minimum Gasteiger partial charge on any atom is -0.481 e. The van der Waals surface area contributed by atoms with Gasteiger partial charge in [-0.05, 0) is 50.7 Å². The van der Waals surface area contributed by atoms with Crippen molar-refractivity contribution in [3.8, 4) is 0 Å². The van der Waals surface area contributed by atoms with Gasteiger partial charge in [0, 0.05) is 43.4 Å². The molecule has 30 heavy (non-hydrogen) atoms. The van der Waals surface area contributed by atoms with E-state index < -0.39 is 17.7 Å².